The Morgan fingerprint density at radius 3 is 2.67 bits per heavy atom. The SMILES string of the molecule is O=C1CO[C@]2(COCCN(Cc3ccncc3)C2)CN1c1ccc(F)cc1. The Kier molecular flexibility index (Phi) is 5.15. The monoisotopic (exact) mass is 371 g/mol. The van der Waals surface area contributed by atoms with E-state index in [1.807, 2.05) is 12.1 Å². The number of hydrogen-bond donors (Lipinski definition) is 0. The molecular formula is C20H22FN3O3. The number of morpholine rings is 1. The highest BCUT2D eigenvalue weighted by atomic mass is 19.1. The molecule has 1 atom stereocenters. The van der Waals surface area contributed by atoms with E-state index < -0.39 is 5.60 Å². The van der Waals surface area contributed by atoms with Gasteiger partial charge in [0.25, 0.3) is 5.91 Å². The second-order valence-electron chi connectivity index (χ2n) is 7.05. The standard InChI is InChI=1S/C20H22FN3O3/c21-17-1-3-18(4-2-17)24-14-20(27-12-19(24)25)13-23(9-10-26-15-20)11-16-5-7-22-8-6-16/h1-8H,9-15H2/t20-/m0/s1. The minimum absolute atomic E-state index is 0.0101. The van der Waals surface area contributed by atoms with Crippen LogP contribution in [0.15, 0.2) is 48.8 Å². The lowest BCUT2D eigenvalue weighted by Crippen LogP contribution is -2.60. The van der Waals surface area contributed by atoms with Crippen molar-refractivity contribution >= 4 is 11.6 Å². The van der Waals surface area contributed by atoms with Crippen LogP contribution in [0, 0.1) is 5.82 Å². The van der Waals surface area contributed by atoms with Crippen molar-refractivity contribution in [1.29, 1.82) is 0 Å². The maximum absolute atomic E-state index is 13.3. The maximum Gasteiger partial charge on any atom is 0.253 e. The van der Waals surface area contributed by atoms with E-state index in [9.17, 15) is 9.18 Å². The molecule has 0 saturated carbocycles. The molecular weight excluding hydrogens is 349 g/mol. The first kappa shape index (κ1) is 18.0. The summed E-state index contributed by atoms with van der Waals surface area (Å²) in [6.45, 7) is 3.61. The van der Waals surface area contributed by atoms with Crippen LogP contribution in [0.3, 0.4) is 0 Å². The van der Waals surface area contributed by atoms with Crippen molar-refractivity contribution in [3.8, 4) is 0 Å². The lowest BCUT2D eigenvalue weighted by molar-refractivity contribution is -0.146. The number of anilines is 1. The molecule has 142 valence electrons. The maximum atomic E-state index is 13.3. The lowest BCUT2D eigenvalue weighted by atomic mass is 10.0. The van der Waals surface area contributed by atoms with Crippen molar-refractivity contribution in [2.24, 2.45) is 0 Å². The van der Waals surface area contributed by atoms with Crippen LogP contribution in [-0.4, -0.2) is 60.8 Å². The van der Waals surface area contributed by atoms with E-state index >= 15 is 0 Å². The number of amides is 1. The fourth-order valence-corrected chi connectivity index (χ4v) is 3.62. The second kappa shape index (κ2) is 7.72. The number of halogens is 1. The number of aromatic nitrogens is 1. The van der Waals surface area contributed by atoms with Crippen molar-refractivity contribution in [1.82, 2.24) is 9.88 Å². The molecule has 2 aromatic rings. The van der Waals surface area contributed by atoms with Gasteiger partial charge in [-0.25, -0.2) is 4.39 Å². The molecule has 7 heteroatoms. The number of ether oxygens (including phenoxy) is 2. The van der Waals surface area contributed by atoms with Crippen molar-refractivity contribution in [2.45, 2.75) is 12.1 Å². The predicted molar refractivity (Wildman–Crippen MR) is 97.8 cm³/mol. The van der Waals surface area contributed by atoms with Gasteiger partial charge >= 0.3 is 0 Å². The molecule has 1 amide bonds. The van der Waals surface area contributed by atoms with E-state index in [1.165, 1.54) is 17.7 Å². The molecule has 1 aromatic heterocycles. The fraction of sp³-hybridized carbons (Fsp3) is 0.400. The molecule has 0 aliphatic carbocycles. The van der Waals surface area contributed by atoms with Gasteiger partial charge in [0.1, 0.15) is 18.0 Å². The first-order valence-corrected chi connectivity index (χ1v) is 9.02. The van der Waals surface area contributed by atoms with Gasteiger partial charge in [-0.2, -0.15) is 0 Å². The summed E-state index contributed by atoms with van der Waals surface area (Å²) in [7, 11) is 0. The summed E-state index contributed by atoms with van der Waals surface area (Å²) in [5, 5.41) is 0. The van der Waals surface area contributed by atoms with E-state index in [-0.39, 0.29) is 18.3 Å². The third-order valence-electron chi connectivity index (χ3n) is 4.97. The van der Waals surface area contributed by atoms with Gasteiger partial charge in [0.2, 0.25) is 0 Å². The molecule has 0 radical (unpaired) electrons. The van der Waals surface area contributed by atoms with E-state index in [0.717, 1.165) is 13.1 Å². The fourth-order valence-electron chi connectivity index (χ4n) is 3.62. The van der Waals surface area contributed by atoms with Crippen molar-refractivity contribution < 1.29 is 18.7 Å². The molecule has 27 heavy (non-hydrogen) atoms. The van der Waals surface area contributed by atoms with Crippen LogP contribution in [0.2, 0.25) is 0 Å². The molecule has 2 aliphatic heterocycles. The third-order valence-corrected chi connectivity index (χ3v) is 4.97. The van der Waals surface area contributed by atoms with Crippen molar-refractivity contribution in [2.75, 3.05) is 44.4 Å². The van der Waals surface area contributed by atoms with E-state index in [0.29, 0.717) is 32.0 Å². The molecule has 0 bridgehead atoms. The van der Waals surface area contributed by atoms with Gasteiger partial charge in [0, 0.05) is 37.7 Å². The Morgan fingerprint density at radius 1 is 1.11 bits per heavy atom. The smallest absolute Gasteiger partial charge is 0.253 e. The van der Waals surface area contributed by atoms with Gasteiger partial charge < -0.3 is 14.4 Å². The summed E-state index contributed by atoms with van der Waals surface area (Å²) >= 11 is 0. The minimum Gasteiger partial charge on any atom is -0.377 e. The molecule has 2 saturated heterocycles. The summed E-state index contributed by atoms with van der Waals surface area (Å²) in [6.07, 6.45) is 3.57. The molecule has 0 N–H and O–H groups in total. The number of pyridine rings is 1. The van der Waals surface area contributed by atoms with Crippen LogP contribution < -0.4 is 4.90 Å². The molecule has 6 nitrogen and oxygen atoms in total. The van der Waals surface area contributed by atoms with Crippen LogP contribution in [0.25, 0.3) is 0 Å². The average Bonchev–Trinajstić information content (AvgIpc) is 2.88. The molecule has 2 fully saturated rings. The number of carbonyl (C=O) groups is 1. The van der Waals surface area contributed by atoms with E-state index in [2.05, 4.69) is 9.88 Å². The number of hydrogen-bond acceptors (Lipinski definition) is 5. The van der Waals surface area contributed by atoms with Crippen molar-refractivity contribution in [3.63, 3.8) is 0 Å². The molecule has 1 aromatic carbocycles. The van der Waals surface area contributed by atoms with Crippen LogP contribution >= 0.6 is 0 Å². The Balaban J connectivity index is 1.53. The molecule has 0 unspecified atom stereocenters. The van der Waals surface area contributed by atoms with Gasteiger partial charge in [-0.1, -0.05) is 0 Å². The second-order valence-corrected chi connectivity index (χ2v) is 7.05. The Bertz CT molecular complexity index is 787. The quantitative estimate of drug-likeness (QED) is 0.824. The zero-order chi connectivity index (χ0) is 18.7. The van der Waals surface area contributed by atoms with E-state index in [4.69, 9.17) is 9.47 Å². The Hall–Kier alpha value is -2.35. The van der Waals surface area contributed by atoms with Gasteiger partial charge in [-0.05, 0) is 42.0 Å². The van der Waals surface area contributed by atoms with Gasteiger partial charge in [0.05, 0.1) is 19.8 Å². The molecule has 3 heterocycles. The molecule has 1 spiro atoms. The minimum atomic E-state index is -0.605. The Morgan fingerprint density at radius 2 is 1.89 bits per heavy atom. The normalized spacial score (nSPS) is 24.2. The Labute approximate surface area is 157 Å². The summed E-state index contributed by atoms with van der Waals surface area (Å²) in [4.78, 5) is 20.4. The lowest BCUT2D eigenvalue weighted by Gasteiger charge is -2.43. The highest BCUT2D eigenvalue weighted by molar-refractivity contribution is 5.95. The van der Waals surface area contributed by atoms with E-state index in [1.54, 1.807) is 29.4 Å². The molecule has 2 aliphatic rings. The van der Waals surface area contributed by atoms with Gasteiger partial charge in [-0.15, -0.1) is 0 Å². The molecule has 4 rings (SSSR count). The van der Waals surface area contributed by atoms with Crippen LogP contribution in [0.1, 0.15) is 5.56 Å². The average molecular weight is 371 g/mol. The summed E-state index contributed by atoms with van der Waals surface area (Å²) < 4.78 is 25.1. The summed E-state index contributed by atoms with van der Waals surface area (Å²) in [5.74, 6) is -0.451. The first-order valence-electron chi connectivity index (χ1n) is 9.02. The largest absolute Gasteiger partial charge is 0.377 e. The predicted octanol–water partition coefficient (Wildman–Crippen LogP) is 1.86. The summed E-state index contributed by atoms with van der Waals surface area (Å²) in [5.41, 5.74) is 1.24. The van der Waals surface area contributed by atoms with Crippen LogP contribution in [0.5, 0.6) is 0 Å². The van der Waals surface area contributed by atoms with Crippen LogP contribution in [-0.2, 0) is 20.8 Å². The summed E-state index contributed by atoms with van der Waals surface area (Å²) in [6, 6.07) is 9.97. The van der Waals surface area contributed by atoms with Gasteiger partial charge in [0.15, 0.2) is 0 Å². The van der Waals surface area contributed by atoms with Crippen LogP contribution in [0.4, 0.5) is 10.1 Å². The number of carbonyl (C=O) groups excluding carboxylic acids is 1. The number of rotatable bonds is 3. The first-order chi connectivity index (χ1) is 13.1. The topological polar surface area (TPSA) is 54.9 Å². The van der Waals surface area contributed by atoms with Crippen molar-refractivity contribution in [3.05, 3.63) is 60.2 Å². The van der Waals surface area contributed by atoms with Gasteiger partial charge in [-0.3, -0.25) is 14.7 Å². The highest BCUT2D eigenvalue weighted by Crippen LogP contribution is 2.28. The zero-order valence-electron chi connectivity index (χ0n) is 15.0. The highest BCUT2D eigenvalue weighted by Gasteiger charge is 2.43. The third kappa shape index (κ3) is 4.16. The zero-order valence-corrected chi connectivity index (χ0v) is 15.0. The number of benzene rings is 1. The number of nitrogens with zero attached hydrogens (tertiary/aromatic N) is 3.